The Hall–Kier alpha value is -2.63. The first-order valence-electron chi connectivity index (χ1n) is 10.8. The zero-order valence-electron chi connectivity index (χ0n) is 17.6. The van der Waals surface area contributed by atoms with Crippen molar-refractivity contribution in [2.45, 2.75) is 39.5 Å². The smallest absolute Gasteiger partial charge is 0.272 e. The predicted molar refractivity (Wildman–Crippen MR) is 117 cm³/mol. The molecule has 0 unspecified atom stereocenters. The van der Waals surface area contributed by atoms with Crippen molar-refractivity contribution in [3.05, 3.63) is 47.4 Å². The van der Waals surface area contributed by atoms with Gasteiger partial charge in [-0.3, -0.25) is 4.79 Å². The molecule has 0 aliphatic carbocycles. The van der Waals surface area contributed by atoms with Crippen LogP contribution >= 0.6 is 0 Å². The molecule has 0 atom stereocenters. The highest BCUT2D eigenvalue weighted by Gasteiger charge is 2.24. The lowest BCUT2D eigenvalue weighted by Gasteiger charge is -2.36. The molecule has 4 rings (SSSR count). The molecule has 2 saturated heterocycles. The molecule has 2 aliphatic rings. The fraction of sp³-hybridized carbons (Fsp3) is 0.522. The lowest BCUT2D eigenvalue weighted by molar-refractivity contribution is 0.0740. The third-order valence-corrected chi connectivity index (χ3v) is 5.91. The molecule has 0 bridgehead atoms. The number of carbonyl (C=O) groups is 1. The molecule has 6 nitrogen and oxygen atoms in total. The van der Waals surface area contributed by atoms with Crippen molar-refractivity contribution in [1.82, 2.24) is 14.9 Å². The predicted octanol–water partition coefficient (Wildman–Crippen LogP) is 3.44. The van der Waals surface area contributed by atoms with Gasteiger partial charge in [0.2, 0.25) is 0 Å². The van der Waals surface area contributed by atoms with Crippen LogP contribution in [0.1, 0.15) is 47.6 Å². The number of rotatable bonds is 3. The fourth-order valence-corrected chi connectivity index (χ4v) is 4.28. The number of piperazine rings is 1. The molecular weight excluding hydrogens is 362 g/mol. The Morgan fingerprint density at radius 1 is 0.828 bits per heavy atom. The number of aromatic nitrogens is 2. The number of benzene rings is 1. The summed E-state index contributed by atoms with van der Waals surface area (Å²) >= 11 is 0. The van der Waals surface area contributed by atoms with E-state index in [1.165, 1.54) is 36.9 Å². The SMILES string of the molecule is Cc1cccc(N2CCN(C(=O)c3cc(N4CCCCCC4)nc(C)n3)CC2)c1. The van der Waals surface area contributed by atoms with Gasteiger partial charge in [0.1, 0.15) is 17.3 Å². The van der Waals surface area contributed by atoms with Gasteiger partial charge in [-0.25, -0.2) is 9.97 Å². The number of nitrogens with zero attached hydrogens (tertiary/aromatic N) is 5. The quantitative estimate of drug-likeness (QED) is 0.800. The van der Waals surface area contributed by atoms with E-state index >= 15 is 0 Å². The molecule has 154 valence electrons. The van der Waals surface area contributed by atoms with Crippen molar-refractivity contribution in [2.24, 2.45) is 0 Å². The van der Waals surface area contributed by atoms with Crippen LogP contribution in [-0.2, 0) is 0 Å². The molecule has 6 heteroatoms. The lowest BCUT2D eigenvalue weighted by Crippen LogP contribution is -2.49. The minimum Gasteiger partial charge on any atom is -0.368 e. The van der Waals surface area contributed by atoms with E-state index in [9.17, 15) is 4.79 Å². The van der Waals surface area contributed by atoms with Crippen LogP contribution in [-0.4, -0.2) is 60.0 Å². The first-order chi connectivity index (χ1) is 14.1. The standard InChI is InChI=1S/C23H31N5O/c1-18-8-7-9-20(16-18)26-12-14-28(15-13-26)23(29)21-17-22(25-19(2)24-21)27-10-5-3-4-6-11-27/h7-9,16-17H,3-6,10-15H2,1-2H3. The van der Waals surface area contributed by atoms with Gasteiger partial charge < -0.3 is 14.7 Å². The second-order valence-electron chi connectivity index (χ2n) is 8.18. The highest BCUT2D eigenvalue weighted by atomic mass is 16.2. The highest BCUT2D eigenvalue weighted by Crippen LogP contribution is 2.21. The van der Waals surface area contributed by atoms with E-state index in [1.54, 1.807) is 0 Å². The van der Waals surface area contributed by atoms with Gasteiger partial charge in [-0.1, -0.05) is 25.0 Å². The number of carbonyl (C=O) groups excluding carboxylic acids is 1. The molecule has 3 heterocycles. The summed E-state index contributed by atoms with van der Waals surface area (Å²) in [5, 5.41) is 0. The van der Waals surface area contributed by atoms with Gasteiger partial charge in [-0.2, -0.15) is 0 Å². The van der Waals surface area contributed by atoms with Crippen molar-refractivity contribution in [2.75, 3.05) is 49.1 Å². The maximum absolute atomic E-state index is 13.2. The van der Waals surface area contributed by atoms with Gasteiger partial charge in [0.15, 0.2) is 0 Å². The summed E-state index contributed by atoms with van der Waals surface area (Å²) in [6.07, 6.45) is 4.93. The normalized spacial score (nSPS) is 17.9. The van der Waals surface area contributed by atoms with Crippen LogP contribution in [0.4, 0.5) is 11.5 Å². The van der Waals surface area contributed by atoms with Crippen LogP contribution in [0, 0.1) is 13.8 Å². The molecule has 0 radical (unpaired) electrons. The Balaban J connectivity index is 1.44. The number of hydrogen-bond acceptors (Lipinski definition) is 5. The van der Waals surface area contributed by atoms with Gasteiger partial charge >= 0.3 is 0 Å². The molecule has 0 spiro atoms. The average Bonchev–Trinajstić information content (AvgIpc) is 3.02. The van der Waals surface area contributed by atoms with Crippen molar-refractivity contribution < 1.29 is 4.79 Å². The van der Waals surface area contributed by atoms with Crippen molar-refractivity contribution in [1.29, 1.82) is 0 Å². The van der Waals surface area contributed by atoms with Crippen molar-refractivity contribution in [3.63, 3.8) is 0 Å². The van der Waals surface area contributed by atoms with Crippen LogP contribution in [0.5, 0.6) is 0 Å². The minimum absolute atomic E-state index is 0.0236. The van der Waals surface area contributed by atoms with Crippen LogP contribution < -0.4 is 9.80 Å². The number of anilines is 2. The van der Waals surface area contributed by atoms with Gasteiger partial charge in [0, 0.05) is 51.0 Å². The first-order valence-corrected chi connectivity index (χ1v) is 10.8. The Morgan fingerprint density at radius 2 is 1.55 bits per heavy atom. The lowest BCUT2D eigenvalue weighted by atomic mass is 10.2. The molecule has 1 aromatic heterocycles. The van der Waals surface area contributed by atoms with Gasteiger partial charge in [0.25, 0.3) is 5.91 Å². The molecule has 29 heavy (non-hydrogen) atoms. The van der Waals surface area contributed by atoms with E-state index in [0.29, 0.717) is 11.5 Å². The number of aryl methyl sites for hydroxylation is 2. The Bertz CT molecular complexity index is 852. The fourth-order valence-electron chi connectivity index (χ4n) is 4.28. The Kier molecular flexibility index (Phi) is 5.97. The average molecular weight is 394 g/mol. The molecular formula is C23H31N5O. The van der Waals surface area contributed by atoms with E-state index in [1.807, 2.05) is 17.9 Å². The van der Waals surface area contributed by atoms with Crippen LogP contribution in [0.15, 0.2) is 30.3 Å². The first kappa shape index (κ1) is 19.7. The van der Waals surface area contributed by atoms with E-state index in [2.05, 4.69) is 51.0 Å². The summed E-state index contributed by atoms with van der Waals surface area (Å²) in [5.41, 5.74) is 3.03. The van der Waals surface area contributed by atoms with E-state index in [0.717, 1.165) is 45.1 Å². The molecule has 0 N–H and O–H groups in total. The molecule has 2 fully saturated rings. The van der Waals surface area contributed by atoms with Gasteiger partial charge in [0.05, 0.1) is 0 Å². The molecule has 1 aromatic carbocycles. The summed E-state index contributed by atoms with van der Waals surface area (Å²) in [5.74, 6) is 1.60. The maximum Gasteiger partial charge on any atom is 0.272 e. The summed E-state index contributed by atoms with van der Waals surface area (Å²) in [6.45, 7) is 9.15. The Labute approximate surface area is 173 Å². The molecule has 2 aliphatic heterocycles. The highest BCUT2D eigenvalue weighted by molar-refractivity contribution is 5.93. The topological polar surface area (TPSA) is 52.6 Å². The third kappa shape index (κ3) is 4.69. The second-order valence-corrected chi connectivity index (χ2v) is 8.18. The molecule has 0 saturated carbocycles. The molecule has 1 amide bonds. The zero-order chi connectivity index (χ0) is 20.2. The minimum atomic E-state index is 0.0236. The van der Waals surface area contributed by atoms with E-state index < -0.39 is 0 Å². The zero-order valence-corrected chi connectivity index (χ0v) is 17.6. The van der Waals surface area contributed by atoms with Crippen molar-refractivity contribution in [3.8, 4) is 0 Å². The summed E-state index contributed by atoms with van der Waals surface area (Å²) < 4.78 is 0. The van der Waals surface area contributed by atoms with Crippen LogP contribution in [0.25, 0.3) is 0 Å². The second kappa shape index (κ2) is 8.80. The maximum atomic E-state index is 13.2. The molecule has 2 aromatic rings. The summed E-state index contributed by atoms with van der Waals surface area (Å²) in [6, 6.07) is 10.5. The van der Waals surface area contributed by atoms with Crippen LogP contribution in [0.2, 0.25) is 0 Å². The van der Waals surface area contributed by atoms with Gasteiger partial charge in [-0.05, 0) is 44.4 Å². The van der Waals surface area contributed by atoms with Crippen LogP contribution in [0.3, 0.4) is 0 Å². The monoisotopic (exact) mass is 393 g/mol. The number of amides is 1. The van der Waals surface area contributed by atoms with E-state index in [4.69, 9.17) is 0 Å². The number of hydrogen-bond donors (Lipinski definition) is 0. The van der Waals surface area contributed by atoms with E-state index in [-0.39, 0.29) is 5.91 Å². The summed E-state index contributed by atoms with van der Waals surface area (Å²) in [7, 11) is 0. The largest absolute Gasteiger partial charge is 0.368 e. The van der Waals surface area contributed by atoms with Crippen molar-refractivity contribution >= 4 is 17.4 Å². The van der Waals surface area contributed by atoms with Gasteiger partial charge in [-0.15, -0.1) is 0 Å². The Morgan fingerprint density at radius 3 is 2.24 bits per heavy atom. The third-order valence-electron chi connectivity index (χ3n) is 5.91. The summed E-state index contributed by atoms with van der Waals surface area (Å²) in [4.78, 5) is 28.8.